The number of fused-ring (bicyclic) bond motifs is 3. The van der Waals surface area contributed by atoms with E-state index in [4.69, 9.17) is 5.73 Å². The zero-order chi connectivity index (χ0) is 14.4. The van der Waals surface area contributed by atoms with Gasteiger partial charge in [0.05, 0.1) is 20.7 Å². The molecule has 1 aromatic heterocycles. The average molecular weight is 337 g/mol. The monoisotopic (exact) mass is 336 g/mol. The van der Waals surface area contributed by atoms with E-state index >= 15 is 0 Å². The van der Waals surface area contributed by atoms with Crippen molar-refractivity contribution >= 4 is 27.6 Å². The lowest BCUT2D eigenvalue weighted by atomic mass is 9.89. The second-order valence-electron chi connectivity index (χ2n) is 4.49. The topological polar surface area (TPSA) is 115 Å². The van der Waals surface area contributed by atoms with Crippen molar-refractivity contribution in [1.29, 1.82) is 0 Å². The molecule has 0 atom stereocenters. The number of nitro groups is 1. The van der Waals surface area contributed by atoms with Crippen molar-refractivity contribution in [1.82, 2.24) is 9.97 Å². The molecule has 1 aliphatic carbocycles. The Kier molecular flexibility index (Phi) is 2.82. The number of anilines is 1. The largest absolute Gasteiger partial charge is 0.369 e. The zero-order valence-electron chi connectivity index (χ0n) is 10.1. The summed E-state index contributed by atoms with van der Waals surface area (Å²) < 4.78 is 0.338. The molecule has 1 heterocycles. The van der Waals surface area contributed by atoms with Gasteiger partial charge in [-0.25, -0.2) is 4.98 Å². The van der Waals surface area contributed by atoms with Crippen molar-refractivity contribution in [2.45, 2.75) is 12.8 Å². The molecule has 1 aliphatic rings. The highest BCUT2D eigenvalue weighted by Crippen LogP contribution is 2.37. The van der Waals surface area contributed by atoms with Gasteiger partial charge in [0.15, 0.2) is 0 Å². The maximum atomic E-state index is 12.1. The molecule has 0 radical (unpaired) electrons. The van der Waals surface area contributed by atoms with Crippen LogP contribution in [0.1, 0.15) is 11.3 Å². The maximum Gasteiger partial charge on any atom is 0.283 e. The predicted octanol–water partition coefficient (Wildman–Crippen LogP) is 1.79. The third kappa shape index (κ3) is 1.88. The first kappa shape index (κ1) is 12.8. The Morgan fingerprint density at radius 2 is 2.15 bits per heavy atom. The van der Waals surface area contributed by atoms with Gasteiger partial charge in [0.1, 0.15) is 0 Å². The van der Waals surface area contributed by atoms with Crippen molar-refractivity contribution < 1.29 is 4.92 Å². The van der Waals surface area contributed by atoms with Gasteiger partial charge in [-0.3, -0.25) is 19.9 Å². The zero-order valence-corrected chi connectivity index (χ0v) is 11.7. The minimum atomic E-state index is -0.453. The number of hydrogen-bond acceptors (Lipinski definition) is 5. The molecule has 3 N–H and O–H groups in total. The highest BCUT2D eigenvalue weighted by atomic mass is 79.9. The third-order valence-corrected chi connectivity index (χ3v) is 3.92. The number of hydrogen-bond donors (Lipinski definition) is 2. The van der Waals surface area contributed by atoms with Gasteiger partial charge < -0.3 is 5.73 Å². The molecule has 3 rings (SSSR count). The molecule has 8 heteroatoms. The van der Waals surface area contributed by atoms with Gasteiger partial charge >= 0.3 is 0 Å². The summed E-state index contributed by atoms with van der Waals surface area (Å²) in [5.41, 5.74) is 7.70. The molecule has 0 saturated heterocycles. The van der Waals surface area contributed by atoms with E-state index in [1.165, 1.54) is 6.07 Å². The van der Waals surface area contributed by atoms with Crippen molar-refractivity contribution in [2.75, 3.05) is 5.73 Å². The van der Waals surface area contributed by atoms with Crippen LogP contribution in [0.3, 0.4) is 0 Å². The normalized spacial score (nSPS) is 12.7. The second kappa shape index (κ2) is 4.41. The van der Waals surface area contributed by atoms with Crippen LogP contribution in [0.4, 0.5) is 11.6 Å². The fourth-order valence-corrected chi connectivity index (χ4v) is 2.92. The second-order valence-corrected chi connectivity index (χ2v) is 5.35. The first-order valence-corrected chi connectivity index (χ1v) is 6.62. The van der Waals surface area contributed by atoms with Crippen molar-refractivity contribution in [3.05, 3.63) is 48.3 Å². The van der Waals surface area contributed by atoms with E-state index in [-0.39, 0.29) is 17.2 Å². The van der Waals surface area contributed by atoms with Gasteiger partial charge in [-0.15, -0.1) is 0 Å². The Labute approximate surface area is 121 Å². The average Bonchev–Trinajstić information content (AvgIpc) is 2.36. The lowest BCUT2D eigenvalue weighted by Gasteiger charge is -2.18. The fourth-order valence-electron chi connectivity index (χ4n) is 2.44. The van der Waals surface area contributed by atoms with Crippen LogP contribution in [0, 0.1) is 10.1 Å². The Balaban J connectivity index is 2.30. The highest BCUT2D eigenvalue weighted by molar-refractivity contribution is 9.10. The number of nitrogens with two attached hydrogens (primary N) is 1. The summed E-state index contributed by atoms with van der Waals surface area (Å²) in [6.07, 6.45) is 1.13. The summed E-state index contributed by atoms with van der Waals surface area (Å²) in [6.45, 7) is 0. The molecule has 7 nitrogen and oxygen atoms in total. The van der Waals surface area contributed by atoms with E-state index in [1.807, 2.05) is 0 Å². The number of nitro benzene ring substituents is 1. The maximum absolute atomic E-state index is 12.1. The molecule has 20 heavy (non-hydrogen) atoms. The number of rotatable bonds is 1. The number of nitrogens with zero attached hydrogens (tertiary/aromatic N) is 2. The number of nitrogen functional groups attached to an aromatic ring is 1. The van der Waals surface area contributed by atoms with Gasteiger partial charge in [-0.1, -0.05) is 0 Å². The van der Waals surface area contributed by atoms with Crippen LogP contribution in [0.25, 0.3) is 11.1 Å². The summed E-state index contributed by atoms with van der Waals surface area (Å²) in [5, 5.41) is 10.9. The Morgan fingerprint density at radius 3 is 2.85 bits per heavy atom. The quantitative estimate of drug-likeness (QED) is 0.608. The van der Waals surface area contributed by atoms with E-state index in [9.17, 15) is 14.9 Å². The fraction of sp³-hybridized carbons (Fsp3) is 0.167. The Hall–Kier alpha value is -2.22. The molecule has 0 fully saturated rings. The molecular weight excluding hydrogens is 328 g/mol. The first-order chi connectivity index (χ1) is 9.47. The van der Waals surface area contributed by atoms with Gasteiger partial charge in [0.25, 0.3) is 11.2 Å². The Bertz CT molecular complexity index is 800. The number of halogens is 1. The predicted molar refractivity (Wildman–Crippen MR) is 76.5 cm³/mol. The number of aryl methyl sites for hydroxylation is 2. The van der Waals surface area contributed by atoms with Crippen molar-refractivity contribution in [3.63, 3.8) is 0 Å². The summed E-state index contributed by atoms with van der Waals surface area (Å²) in [5.74, 6) is 0.0816. The van der Waals surface area contributed by atoms with Crippen LogP contribution in [0.5, 0.6) is 0 Å². The van der Waals surface area contributed by atoms with E-state index < -0.39 is 4.92 Å². The summed E-state index contributed by atoms with van der Waals surface area (Å²) >= 11 is 3.17. The van der Waals surface area contributed by atoms with Crippen LogP contribution in [0.15, 0.2) is 21.4 Å². The van der Waals surface area contributed by atoms with Gasteiger partial charge in [0, 0.05) is 6.07 Å². The van der Waals surface area contributed by atoms with E-state index in [0.29, 0.717) is 34.1 Å². The van der Waals surface area contributed by atoms with Crippen LogP contribution >= 0.6 is 15.9 Å². The molecular formula is C12H9BrN4O3. The van der Waals surface area contributed by atoms with Gasteiger partial charge in [-0.2, -0.15) is 0 Å². The molecule has 0 aliphatic heterocycles. The molecule has 0 amide bonds. The SMILES string of the molecule is Nc1nc2c(c(=O)[nH]1)-c1cc(Br)c([N+](=O)[O-])cc1CC2. The van der Waals surface area contributed by atoms with Crippen molar-refractivity contribution in [3.8, 4) is 11.1 Å². The summed E-state index contributed by atoms with van der Waals surface area (Å²) in [7, 11) is 0. The number of nitrogens with one attached hydrogen (secondary N) is 1. The molecule has 0 saturated carbocycles. The lowest BCUT2D eigenvalue weighted by Crippen LogP contribution is -2.20. The lowest BCUT2D eigenvalue weighted by molar-refractivity contribution is -0.385. The standard InChI is InChI=1S/C12H9BrN4O3/c13-7-4-6-5(3-9(7)17(19)20)1-2-8-10(6)11(18)16-12(14)15-8/h3-4H,1-2H2,(H3,14,15,16,18). The van der Waals surface area contributed by atoms with E-state index in [1.54, 1.807) is 6.07 Å². The highest BCUT2D eigenvalue weighted by Gasteiger charge is 2.25. The third-order valence-electron chi connectivity index (χ3n) is 3.28. The van der Waals surface area contributed by atoms with E-state index in [0.717, 1.165) is 5.56 Å². The molecule has 0 bridgehead atoms. The molecule has 2 aromatic rings. The molecule has 0 spiro atoms. The number of aromatic amines is 1. The molecule has 0 unspecified atom stereocenters. The van der Waals surface area contributed by atoms with Crippen LogP contribution in [0.2, 0.25) is 0 Å². The number of H-pyrrole nitrogens is 1. The van der Waals surface area contributed by atoms with Crippen molar-refractivity contribution in [2.24, 2.45) is 0 Å². The number of aromatic nitrogens is 2. The summed E-state index contributed by atoms with van der Waals surface area (Å²) in [4.78, 5) is 29.1. The number of benzene rings is 1. The van der Waals surface area contributed by atoms with Crippen LogP contribution in [-0.4, -0.2) is 14.9 Å². The van der Waals surface area contributed by atoms with E-state index in [2.05, 4.69) is 25.9 Å². The van der Waals surface area contributed by atoms with Crippen LogP contribution in [-0.2, 0) is 12.8 Å². The van der Waals surface area contributed by atoms with Gasteiger partial charge in [0.2, 0.25) is 5.95 Å². The Morgan fingerprint density at radius 1 is 1.40 bits per heavy atom. The first-order valence-electron chi connectivity index (χ1n) is 5.83. The minimum absolute atomic E-state index is 0.00738. The van der Waals surface area contributed by atoms with Crippen LogP contribution < -0.4 is 11.3 Å². The molecule has 1 aromatic carbocycles. The minimum Gasteiger partial charge on any atom is -0.369 e. The smallest absolute Gasteiger partial charge is 0.283 e. The van der Waals surface area contributed by atoms with Gasteiger partial charge in [-0.05, 0) is 46.0 Å². The molecule has 102 valence electrons. The summed E-state index contributed by atoms with van der Waals surface area (Å²) in [6, 6.07) is 3.09.